The van der Waals surface area contributed by atoms with Crippen LogP contribution in [-0.2, 0) is 27.9 Å². The fraction of sp³-hybridized carbons (Fsp3) is 0.896. The lowest BCUT2D eigenvalue weighted by molar-refractivity contribution is -0.154. The molecule has 0 fully saturated rings. The van der Waals surface area contributed by atoms with Gasteiger partial charge >= 0.3 is 13.8 Å². The maximum absolute atomic E-state index is 12.6. The Kier molecular flexibility index (Phi) is 45.2. The highest BCUT2D eigenvalue weighted by atomic mass is 31.2. The Labute approximate surface area is 353 Å². The Hall–Kier alpha value is -1.02. The molecule has 0 radical (unpaired) electrons. The average Bonchev–Trinajstić information content (AvgIpc) is 3.20. The summed E-state index contributed by atoms with van der Waals surface area (Å²) in [5.41, 5.74) is 5.38. The summed E-state index contributed by atoms with van der Waals surface area (Å²) in [6.45, 7) is 4.94. The molecule has 3 N–H and O–H groups in total. The molecule has 0 aromatic heterocycles. The van der Waals surface area contributed by atoms with E-state index in [2.05, 4.69) is 38.2 Å². The lowest BCUT2D eigenvalue weighted by atomic mass is 10.1. The van der Waals surface area contributed by atoms with Crippen molar-refractivity contribution in [1.82, 2.24) is 0 Å². The first kappa shape index (κ1) is 56.0. The third-order valence-electron chi connectivity index (χ3n) is 10.6. The predicted molar refractivity (Wildman–Crippen MR) is 243 cm³/mol. The SMILES string of the molecule is CCCCCCCCC/C=C\CCCCCCCCOCC(COP(=O)(O)OCCN)OC(=O)CCCCCCCCCCC/C=C\CCCCCCCCCC. The van der Waals surface area contributed by atoms with Gasteiger partial charge in [-0.3, -0.25) is 13.8 Å². The van der Waals surface area contributed by atoms with Crippen LogP contribution in [0.4, 0.5) is 0 Å². The van der Waals surface area contributed by atoms with E-state index < -0.39 is 13.9 Å². The lowest BCUT2D eigenvalue weighted by Crippen LogP contribution is -2.28. The van der Waals surface area contributed by atoms with Crippen molar-refractivity contribution in [3.05, 3.63) is 24.3 Å². The first-order valence-corrected chi connectivity index (χ1v) is 25.8. The second kappa shape index (κ2) is 46.1. The third kappa shape index (κ3) is 45.9. The zero-order valence-electron chi connectivity index (χ0n) is 37.6. The number of rotatable bonds is 47. The second-order valence-corrected chi connectivity index (χ2v) is 17.8. The van der Waals surface area contributed by atoms with Crippen LogP contribution >= 0.6 is 7.82 Å². The highest BCUT2D eigenvalue weighted by Gasteiger charge is 2.25. The highest BCUT2D eigenvalue weighted by molar-refractivity contribution is 7.47. The molecule has 2 atom stereocenters. The first-order chi connectivity index (χ1) is 27.9. The largest absolute Gasteiger partial charge is 0.472 e. The molecule has 0 aliphatic heterocycles. The Morgan fingerprint density at radius 3 is 1.28 bits per heavy atom. The minimum Gasteiger partial charge on any atom is -0.457 e. The van der Waals surface area contributed by atoms with E-state index in [1.165, 1.54) is 186 Å². The van der Waals surface area contributed by atoms with E-state index in [0.29, 0.717) is 13.0 Å². The summed E-state index contributed by atoms with van der Waals surface area (Å²) in [5, 5.41) is 0. The van der Waals surface area contributed by atoms with Crippen LogP contribution in [0.3, 0.4) is 0 Å². The van der Waals surface area contributed by atoms with E-state index in [1.807, 2.05) is 0 Å². The van der Waals surface area contributed by atoms with E-state index in [4.69, 9.17) is 24.3 Å². The minimum absolute atomic E-state index is 0.0954. The third-order valence-corrected chi connectivity index (χ3v) is 11.6. The number of nitrogens with two attached hydrogens (primary N) is 1. The van der Waals surface area contributed by atoms with Gasteiger partial charge in [0.05, 0.1) is 19.8 Å². The van der Waals surface area contributed by atoms with Crippen molar-refractivity contribution < 1.29 is 32.8 Å². The number of hydrogen-bond acceptors (Lipinski definition) is 7. The van der Waals surface area contributed by atoms with Crippen molar-refractivity contribution in [3.63, 3.8) is 0 Å². The average molecular weight is 828 g/mol. The summed E-state index contributed by atoms with van der Waals surface area (Å²) in [7, 11) is -4.28. The fourth-order valence-electron chi connectivity index (χ4n) is 6.99. The van der Waals surface area contributed by atoms with Gasteiger partial charge in [0.25, 0.3) is 0 Å². The molecule has 338 valence electrons. The van der Waals surface area contributed by atoms with Crippen LogP contribution in [0.2, 0.25) is 0 Å². The van der Waals surface area contributed by atoms with Crippen LogP contribution in [0, 0.1) is 0 Å². The molecule has 0 aromatic rings. The van der Waals surface area contributed by atoms with Crippen molar-refractivity contribution in [1.29, 1.82) is 0 Å². The molecule has 57 heavy (non-hydrogen) atoms. The zero-order chi connectivity index (χ0) is 41.6. The van der Waals surface area contributed by atoms with Crippen molar-refractivity contribution in [2.24, 2.45) is 5.73 Å². The second-order valence-electron chi connectivity index (χ2n) is 16.3. The molecule has 0 aliphatic carbocycles. The van der Waals surface area contributed by atoms with Crippen LogP contribution in [0.15, 0.2) is 24.3 Å². The number of carbonyl (C=O) groups excluding carboxylic acids is 1. The quantitative estimate of drug-likeness (QED) is 0.0270. The molecule has 0 saturated carbocycles. The van der Waals surface area contributed by atoms with Gasteiger partial charge in [-0.1, -0.05) is 192 Å². The monoisotopic (exact) mass is 828 g/mol. The molecule has 0 spiro atoms. The molecule has 8 nitrogen and oxygen atoms in total. The van der Waals surface area contributed by atoms with Crippen molar-refractivity contribution in [3.8, 4) is 0 Å². The number of phosphoric acid groups is 1. The molecule has 0 heterocycles. The summed E-state index contributed by atoms with van der Waals surface area (Å²) in [5.74, 6) is -0.331. The van der Waals surface area contributed by atoms with Gasteiger partial charge in [-0.05, 0) is 64.2 Å². The maximum atomic E-state index is 12.6. The molecular weight excluding hydrogens is 734 g/mol. The van der Waals surface area contributed by atoms with Gasteiger partial charge < -0.3 is 20.1 Å². The van der Waals surface area contributed by atoms with Gasteiger partial charge in [0.1, 0.15) is 6.10 Å². The molecule has 0 rings (SSSR count). The zero-order valence-corrected chi connectivity index (χ0v) is 38.5. The summed E-state index contributed by atoms with van der Waals surface area (Å²) in [6, 6.07) is 0. The minimum atomic E-state index is -4.28. The van der Waals surface area contributed by atoms with Gasteiger partial charge in [-0.15, -0.1) is 0 Å². The van der Waals surface area contributed by atoms with Crippen LogP contribution < -0.4 is 5.73 Å². The van der Waals surface area contributed by atoms with E-state index in [9.17, 15) is 14.3 Å². The Bertz CT molecular complexity index is 930. The van der Waals surface area contributed by atoms with Crippen molar-refractivity contribution >= 4 is 13.8 Å². The summed E-state index contributed by atoms with van der Waals surface area (Å²) in [6.07, 6.45) is 52.0. The van der Waals surface area contributed by atoms with E-state index in [0.717, 1.165) is 32.1 Å². The predicted octanol–water partition coefficient (Wildman–Crippen LogP) is 14.8. The van der Waals surface area contributed by atoms with Crippen molar-refractivity contribution in [2.45, 2.75) is 245 Å². The van der Waals surface area contributed by atoms with Crippen LogP contribution in [-0.4, -0.2) is 49.9 Å². The van der Waals surface area contributed by atoms with Gasteiger partial charge in [0, 0.05) is 19.6 Å². The Morgan fingerprint density at radius 2 is 0.877 bits per heavy atom. The van der Waals surface area contributed by atoms with Crippen LogP contribution in [0.1, 0.15) is 239 Å². The molecule has 9 heteroatoms. The number of unbranched alkanes of at least 4 members (excludes halogenated alkanes) is 30. The van der Waals surface area contributed by atoms with Gasteiger partial charge in [0.2, 0.25) is 0 Å². The number of phosphoric ester groups is 1. The van der Waals surface area contributed by atoms with E-state index in [-0.39, 0.29) is 32.3 Å². The normalized spacial score (nSPS) is 13.5. The molecule has 2 unspecified atom stereocenters. The summed E-state index contributed by atoms with van der Waals surface area (Å²) < 4.78 is 33.5. The van der Waals surface area contributed by atoms with E-state index >= 15 is 0 Å². The number of esters is 1. The number of ether oxygens (including phenoxy) is 2. The van der Waals surface area contributed by atoms with E-state index in [1.54, 1.807) is 0 Å². The highest BCUT2D eigenvalue weighted by Crippen LogP contribution is 2.43. The van der Waals surface area contributed by atoms with Crippen LogP contribution in [0.5, 0.6) is 0 Å². The smallest absolute Gasteiger partial charge is 0.457 e. The molecule has 0 amide bonds. The number of allylic oxidation sites excluding steroid dienone is 4. The topological polar surface area (TPSA) is 117 Å². The standard InChI is InChI=1S/C48H94NO7P/c1-3-5-7-9-11-13-15-17-19-21-22-23-24-25-27-29-31-33-35-37-39-41-48(50)56-47(46-55-57(51,52)54-44-42-49)45-53-43-40-38-36-34-32-30-28-26-20-18-16-14-12-10-8-6-4-2/h20-22,26,47H,3-19,23-25,27-46,49H2,1-2H3,(H,51,52)/b22-21-,26-20-. The number of hydrogen-bond donors (Lipinski definition) is 2. The molecule has 0 aromatic carbocycles. The number of carbonyl (C=O) groups is 1. The Morgan fingerprint density at radius 1 is 0.509 bits per heavy atom. The summed E-state index contributed by atoms with van der Waals surface area (Å²) >= 11 is 0. The van der Waals surface area contributed by atoms with Crippen molar-refractivity contribution in [2.75, 3.05) is 33.0 Å². The van der Waals surface area contributed by atoms with Gasteiger partial charge in [0.15, 0.2) is 0 Å². The fourth-order valence-corrected chi connectivity index (χ4v) is 7.75. The van der Waals surface area contributed by atoms with Gasteiger partial charge in [-0.2, -0.15) is 0 Å². The Balaban J connectivity index is 3.96. The first-order valence-electron chi connectivity index (χ1n) is 24.3. The molecule has 0 aliphatic rings. The summed E-state index contributed by atoms with van der Waals surface area (Å²) in [4.78, 5) is 22.5. The van der Waals surface area contributed by atoms with Gasteiger partial charge in [-0.25, -0.2) is 4.57 Å². The lowest BCUT2D eigenvalue weighted by Gasteiger charge is -2.20. The maximum Gasteiger partial charge on any atom is 0.472 e. The molecular formula is C48H94NO7P. The van der Waals surface area contributed by atoms with Crippen LogP contribution in [0.25, 0.3) is 0 Å². The molecule has 0 bridgehead atoms. The molecule has 0 saturated heterocycles.